The molecule has 0 spiro atoms. The molecule has 16 nitrogen and oxygen atoms in total. The van der Waals surface area contributed by atoms with Crippen molar-refractivity contribution >= 4 is 46.0 Å². The third-order valence-corrected chi connectivity index (χ3v) is 8.63. The van der Waals surface area contributed by atoms with E-state index in [0.29, 0.717) is 122 Å². The molecule has 0 aliphatic carbocycles. The zero-order valence-electron chi connectivity index (χ0n) is 31.9. The largest absolute Gasteiger partial charge is 0.379 e. The number of hydrogen-bond donors (Lipinski definition) is 3. The number of amides is 1. The minimum Gasteiger partial charge on any atom is -0.379 e. The van der Waals surface area contributed by atoms with E-state index in [2.05, 4.69) is 42.2 Å². The van der Waals surface area contributed by atoms with Crippen molar-refractivity contribution in [1.82, 2.24) is 20.2 Å². The fourth-order valence-electron chi connectivity index (χ4n) is 5.61. The lowest BCUT2D eigenvalue weighted by Gasteiger charge is -2.36. The lowest BCUT2D eigenvalue weighted by molar-refractivity contribution is -0.122. The predicted molar refractivity (Wildman–Crippen MR) is 213 cm³/mol. The van der Waals surface area contributed by atoms with E-state index >= 15 is 0 Å². The Hall–Kier alpha value is -3.71. The van der Waals surface area contributed by atoms with Crippen LogP contribution in [0.15, 0.2) is 47.5 Å². The number of aliphatic imine (C=N–C) groups is 1. The van der Waals surface area contributed by atoms with Gasteiger partial charge in [0.2, 0.25) is 5.91 Å². The summed E-state index contributed by atoms with van der Waals surface area (Å²) in [7, 11) is 0. The normalized spacial score (nSPS) is 13.4. The van der Waals surface area contributed by atoms with Crippen LogP contribution in [0.3, 0.4) is 0 Å². The van der Waals surface area contributed by atoms with Gasteiger partial charge < -0.3 is 54.8 Å². The van der Waals surface area contributed by atoms with E-state index in [1.54, 1.807) is 6.07 Å². The summed E-state index contributed by atoms with van der Waals surface area (Å²) < 4.78 is 38.4. The van der Waals surface area contributed by atoms with Gasteiger partial charge in [-0.05, 0) is 37.3 Å². The molecular formula is C38H57ClN8O8. The first kappa shape index (κ1) is 44.0. The Balaban J connectivity index is 0.981. The van der Waals surface area contributed by atoms with Gasteiger partial charge in [0.15, 0.2) is 5.96 Å². The average Bonchev–Trinajstić information content (AvgIpc) is 3.18. The molecule has 1 saturated heterocycles. The van der Waals surface area contributed by atoms with Crippen molar-refractivity contribution in [2.45, 2.75) is 13.3 Å². The third-order valence-electron chi connectivity index (χ3n) is 8.39. The van der Waals surface area contributed by atoms with Crippen molar-refractivity contribution in [2.24, 2.45) is 16.5 Å². The molecule has 4 rings (SSSR count). The number of benzene rings is 2. The number of aromatic nitrogens is 2. The summed E-state index contributed by atoms with van der Waals surface area (Å²) in [4.78, 5) is 29.9. The first-order valence-electron chi connectivity index (χ1n) is 18.9. The third kappa shape index (κ3) is 17.3. The molecule has 1 aromatic heterocycles. The van der Waals surface area contributed by atoms with Gasteiger partial charge in [-0.1, -0.05) is 23.7 Å². The number of anilines is 1. The summed E-state index contributed by atoms with van der Waals surface area (Å²) >= 11 is 6.33. The van der Waals surface area contributed by atoms with E-state index in [-0.39, 0.29) is 17.8 Å². The molecule has 304 valence electrons. The van der Waals surface area contributed by atoms with Gasteiger partial charge in [0.25, 0.3) is 5.95 Å². The highest BCUT2D eigenvalue weighted by Gasteiger charge is 2.18. The first-order chi connectivity index (χ1) is 26.9. The molecule has 0 saturated carbocycles. The van der Waals surface area contributed by atoms with Crippen LogP contribution in [0.2, 0.25) is 5.02 Å². The van der Waals surface area contributed by atoms with Crippen LogP contribution in [0.1, 0.15) is 13.3 Å². The van der Waals surface area contributed by atoms with Crippen molar-refractivity contribution in [1.29, 1.82) is 0 Å². The summed E-state index contributed by atoms with van der Waals surface area (Å²) in [5.41, 5.74) is 14.7. The van der Waals surface area contributed by atoms with Gasteiger partial charge in [-0.25, -0.2) is 9.97 Å². The van der Waals surface area contributed by atoms with E-state index in [4.69, 9.17) is 56.2 Å². The van der Waals surface area contributed by atoms with Gasteiger partial charge in [-0.2, -0.15) is 4.99 Å². The number of nitrogens with one attached hydrogen (secondary N) is 1. The number of fused-ring (bicyclic) bond motifs is 1. The Morgan fingerprint density at radius 2 is 1.38 bits per heavy atom. The van der Waals surface area contributed by atoms with E-state index in [1.807, 2.05) is 31.2 Å². The van der Waals surface area contributed by atoms with Crippen molar-refractivity contribution in [3.05, 3.63) is 47.5 Å². The number of halogens is 1. The minimum absolute atomic E-state index is 0.0759. The van der Waals surface area contributed by atoms with E-state index < -0.39 is 0 Å². The maximum atomic E-state index is 11.9. The average molecular weight is 789 g/mol. The minimum atomic E-state index is -0.105. The number of rotatable bonds is 28. The lowest BCUT2D eigenvalue weighted by Crippen LogP contribution is -2.47. The van der Waals surface area contributed by atoms with Crippen LogP contribution in [0.25, 0.3) is 22.2 Å². The second-order valence-electron chi connectivity index (χ2n) is 12.4. The number of nitrogens with zero attached hydrogens (tertiary/aromatic N) is 5. The Kier molecular flexibility index (Phi) is 21.0. The Morgan fingerprint density at radius 1 is 0.764 bits per heavy atom. The lowest BCUT2D eigenvalue weighted by atomic mass is 10.1. The Bertz CT molecular complexity index is 1580. The van der Waals surface area contributed by atoms with Crippen LogP contribution in [-0.2, 0) is 38.0 Å². The Labute approximate surface area is 328 Å². The molecule has 1 aliphatic heterocycles. The second-order valence-corrected chi connectivity index (χ2v) is 12.9. The van der Waals surface area contributed by atoms with Gasteiger partial charge >= 0.3 is 0 Å². The summed E-state index contributed by atoms with van der Waals surface area (Å²) in [6.07, 6.45) is 0.291. The zero-order valence-corrected chi connectivity index (χ0v) is 32.7. The Morgan fingerprint density at radius 3 is 2.04 bits per heavy atom. The predicted octanol–water partition coefficient (Wildman–Crippen LogP) is 2.62. The van der Waals surface area contributed by atoms with E-state index in [9.17, 15) is 4.79 Å². The number of guanidine groups is 1. The number of nitrogens with two attached hydrogens (primary N) is 2. The van der Waals surface area contributed by atoms with Crippen LogP contribution in [0.4, 0.5) is 11.6 Å². The van der Waals surface area contributed by atoms with E-state index in [0.717, 1.165) is 49.4 Å². The fourth-order valence-corrected chi connectivity index (χ4v) is 5.78. The molecule has 3 aromatic rings. The molecule has 17 heteroatoms. The van der Waals surface area contributed by atoms with Crippen molar-refractivity contribution in [2.75, 3.05) is 137 Å². The number of carbonyl (C=O) groups is 1. The van der Waals surface area contributed by atoms with Gasteiger partial charge in [0.1, 0.15) is 0 Å². The van der Waals surface area contributed by atoms with Crippen molar-refractivity contribution < 1.29 is 38.0 Å². The summed E-state index contributed by atoms with van der Waals surface area (Å²) in [6.45, 7) is 14.0. The number of ether oxygens (including phenoxy) is 7. The molecule has 2 aromatic carbocycles. The monoisotopic (exact) mass is 788 g/mol. The van der Waals surface area contributed by atoms with Gasteiger partial charge in [0, 0.05) is 74.0 Å². The van der Waals surface area contributed by atoms with Crippen LogP contribution < -0.4 is 21.7 Å². The standard InChI is InChI=1S/C38H57ClN8O8/c1-2-49-18-19-53-26-27-54-23-20-50-15-8-35(48)42-9-16-51-21-24-55-25-22-52-17-14-46-10-12-47(13-11-46)32-5-3-4-30(28-32)36-33-29-31(39)6-7-34(33)43-38(44-36)45-37(40)41/h3-7,28-29H,2,8-27H2,1H3,(H,42,48)(H4,40,41,43,44,45). The summed E-state index contributed by atoms with van der Waals surface area (Å²) in [6, 6.07) is 13.8. The van der Waals surface area contributed by atoms with Crippen LogP contribution in [0, 0.1) is 0 Å². The first-order valence-corrected chi connectivity index (χ1v) is 19.3. The summed E-state index contributed by atoms with van der Waals surface area (Å²) in [5.74, 6) is 0.0186. The number of piperazine rings is 1. The van der Waals surface area contributed by atoms with Crippen molar-refractivity contribution in [3.63, 3.8) is 0 Å². The molecule has 1 fully saturated rings. The molecule has 0 bridgehead atoms. The molecule has 0 atom stereocenters. The molecule has 0 unspecified atom stereocenters. The topological polar surface area (TPSA) is 190 Å². The smallest absolute Gasteiger partial charge is 0.253 e. The quantitative estimate of drug-likeness (QED) is 0.0553. The highest BCUT2D eigenvalue weighted by atomic mass is 35.5. The molecule has 2 heterocycles. The number of hydrogen-bond acceptors (Lipinski definition) is 13. The maximum Gasteiger partial charge on any atom is 0.253 e. The zero-order chi connectivity index (χ0) is 38.9. The second kappa shape index (κ2) is 26.2. The highest BCUT2D eigenvalue weighted by molar-refractivity contribution is 6.31. The fraction of sp³-hybridized carbons (Fsp3) is 0.579. The number of carbonyl (C=O) groups excluding carboxylic acids is 1. The molecule has 1 amide bonds. The van der Waals surface area contributed by atoms with Crippen LogP contribution in [-0.4, -0.2) is 158 Å². The highest BCUT2D eigenvalue weighted by Crippen LogP contribution is 2.32. The van der Waals surface area contributed by atoms with Gasteiger partial charge in [-0.3, -0.25) is 9.69 Å². The maximum absolute atomic E-state index is 11.9. The molecular weight excluding hydrogens is 732 g/mol. The van der Waals surface area contributed by atoms with Crippen LogP contribution >= 0.6 is 11.6 Å². The van der Waals surface area contributed by atoms with Gasteiger partial charge in [-0.15, -0.1) is 0 Å². The van der Waals surface area contributed by atoms with Crippen LogP contribution in [0.5, 0.6) is 0 Å². The van der Waals surface area contributed by atoms with Gasteiger partial charge in [0.05, 0.1) is 97.1 Å². The molecule has 0 radical (unpaired) electrons. The molecule has 1 aliphatic rings. The summed E-state index contributed by atoms with van der Waals surface area (Å²) in [5, 5.41) is 4.24. The molecule has 55 heavy (non-hydrogen) atoms. The van der Waals surface area contributed by atoms with E-state index in [1.165, 1.54) is 0 Å². The molecule has 5 N–H and O–H groups in total. The van der Waals surface area contributed by atoms with Crippen molar-refractivity contribution in [3.8, 4) is 11.3 Å². The SMILES string of the molecule is CCOCCOCCOCCOCCC(=O)NCCOCCOCCOCCN1CCN(c2cccc(-c3nc(N=C(N)N)nc4ccc(Cl)cc34)c2)CC1.